The van der Waals surface area contributed by atoms with Crippen LogP contribution in [0.4, 0.5) is 0 Å². The van der Waals surface area contributed by atoms with Gasteiger partial charge in [0, 0.05) is 11.5 Å². The Hall–Kier alpha value is -3.21. The molecule has 2 aromatic carbocycles. The number of benzene rings is 2. The van der Waals surface area contributed by atoms with E-state index in [1.54, 1.807) is 24.3 Å². The van der Waals surface area contributed by atoms with Gasteiger partial charge in [0.1, 0.15) is 5.58 Å². The number of phenols is 1. The van der Waals surface area contributed by atoms with Gasteiger partial charge in [-0.2, -0.15) is 0 Å². The van der Waals surface area contributed by atoms with E-state index in [9.17, 15) is 9.90 Å². The van der Waals surface area contributed by atoms with Crippen LogP contribution in [-0.4, -0.2) is 19.3 Å². The zero-order chi connectivity index (χ0) is 17.1. The summed E-state index contributed by atoms with van der Waals surface area (Å²) >= 11 is 0. The van der Waals surface area contributed by atoms with E-state index in [1.165, 1.54) is 20.3 Å². The maximum absolute atomic E-state index is 11.3. The molecule has 0 amide bonds. The van der Waals surface area contributed by atoms with Crippen LogP contribution in [-0.2, 0) is 0 Å². The Bertz CT molecular complexity index is 944. The topological polar surface area (TPSA) is 68.9 Å². The summed E-state index contributed by atoms with van der Waals surface area (Å²) in [6.45, 7) is 0. The average Bonchev–Trinajstić information content (AvgIpc) is 2.60. The smallest absolute Gasteiger partial charge is 0.336 e. The molecule has 0 saturated heterocycles. The molecule has 0 atom stereocenters. The van der Waals surface area contributed by atoms with Crippen LogP contribution in [0.1, 0.15) is 11.1 Å². The number of rotatable bonds is 4. The zero-order valence-electron chi connectivity index (χ0n) is 13.3. The molecule has 1 heterocycles. The average molecular weight is 324 g/mol. The molecule has 0 aliphatic rings. The highest BCUT2D eigenvalue weighted by Crippen LogP contribution is 2.37. The van der Waals surface area contributed by atoms with Crippen molar-refractivity contribution in [2.45, 2.75) is 0 Å². The van der Waals surface area contributed by atoms with Crippen molar-refractivity contribution in [2.24, 2.45) is 0 Å². The van der Waals surface area contributed by atoms with Gasteiger partial charge in [-0.1, -0.05) is 24.3 Å². The first-order valence-electron chi connectivity index (χ1n) is 7.27. The highest BCUT2D eigenvalue weighted by Gasteiger charge is 2.09. The first kappa shape index (κ1) is 15.7. The third-order valence-corrected chi connectivity index (χ3v) is 3.62. The molecular formula is C19H16O5. The number of hydrogen-bond donors (Lipinski definition) is 1. The molecule has 24 heavy (non-hydrogen) atoms. The van der Waals surface area contributed by atoms with Crippen LogP contribution in [0.15, 0.2) is 51.7 Å². The fraction of sp³-hybridized carbons (Fsp3) is 0.105. The van der Waals surface area contributed by atoms with E-state index in [1.807, 2.05) is 24.3 Å². The Kier molecular flexibility index (Phi) is 4.24. The molecule has 5 heteroatoms. The predicted molar refractivity (Wildman–Crippen MR) is 92.6 cm³/mol. The van der Waals surface area contributed by atoms with E-state index in [2.05, 4.69) is 0 Å². The molecule has 0 spiro atoms. The third-order valence-electron chi connectivity index (χ3n) is 3.62. The van der Waals surface area contributed by atoms with Crippen LogP contribution >= 0.6 is 0 Å². The minimum absolute atomic E-state index is 0.0374. The standard InChI is InChI=1S/C19H16O5/c1-22-16-10-13(11-17(23-2)19(16)21)4-3-12-5-6-14-7-8-18(20)24-15(14)9-12/h3-11,21H,1-2H3/b4-3+. The minimum Gasteiger partial charge on any atom is -0.502 e. The molecule has 3 aromatic rings. The first-order chi connectivity index (χ1) is 11.6. The van der Waals surface area contributed by atoms with E-state index in [4.69, 9.17) is 13.9 Å². The van der Waals surface area contributed by atoms with Gasteiger partial charge in [-0.3, -0.25) is 0 Å². The van der Waals surface area contributed by atoms with Gasteiger partial charge < -0.3 is 19.0 Å². The predicted octanol–water partition coefficient (Wildman–Crippen LogP) is 3.69. The van der Waals surface area contributed by atoms with Crippen LogP contribution in [0.2, 0.25) is 0 Å². The molecule has 0 radical (unpaired) electrons. The van der Waals surface area contributed by atoms with Gasteiger partial charge >= 0.3 is 5.63 Å². The number of methoxy groups -OCH3 is 2. The van der Waals surface area contributed by atoms with Crippen LogP contribution in [0.25, 0.3) is 23.1 Å². The molecule has 3 rings (SSSR count). The number of fused-ring (bicyclic) bond motifs is 1. The van der Waals surface area contributed by atoms with Crippen molar-refractivity contribution in [3.8, 4) is 17.2 Å². The maximum atomic E-state index is 11.3. The third kappa shape index (κ3) is 3.10. The summed E-state index contributed by atoms with van der Waals surface area (Å²) in [7, 11) is 2.96. The molecule has 0 bridgehead atoms. The van der Waals surface area contributed by atoms with Gasteiger partial charge in [-0.05, 0) is 35.4 Å². The van der Waals surface area contributed by atoms with Gasteiger partial charge in [0.05, 0.1) is 14.2 Å². The van der Waals surface area contributed by atoms with Crippen molar-refractivity contribution in [3.05, 3.63) is 64.0 Å². The fourth-order valence-electron chi connectivity index (χ4n) is 2.38. The largest absolute Gasteiger partial charge is 0.502 e. The fourth-order valence-corrected chi connectivity index (χ4v) is 2.38. The summed E-state index contributed by atoms with van der Waals surface area (Å²) in [5.41, 5.74) is 1.83. The van der Waals surface area contributed by atoms with Crippen LogP contribution in [0.5, 0.6) is 17.2 Å². The van der Waals surface area contributed by atoms with Gasteiger partial charge in [-0.15, -0.1) is 0 Å². The molecule has 0 saturated carbocycles. The maximum Gasteiger partial charge on any atom is 0.336 e. The molecule has 0 aliphatic carbocycles. The lowest BCUT2D eigenvalue weighted by Gasteiger charge is -2.09. The van der Waals surface area contributed by atoms with Crippen molar-refractivity contribution in [1.29, 1.82) is 0 Å². The monoisotopic (exact) mass is 324 g/mol. The summed E-state index contributed by atoms with van der Waals surface area (Å²) in [6.07, 6.45) is 3.73. The Balaban J connectivity index is 1.97. The van der Waals surface area contributed by atoms with Gasteiger partial charge in [0.15, 0.2) is 11.5 Å². The zero-order valence-corrected chi connectivity index (χ0v) is 13.3. The molecule has 0 aliphatic heterocycles. The van der Waals surface area contributed by atoms with E-state index >= 15 is 0 Å². The lowest BCUT2D eigenvalue weighted by Crippen LogP contribution is -1.94. The number of phenolic OH excluding ortho intramolecular Hbond substituents is 1. The molecule has 5 nitrogen and oxygen atoms in total. The van der Waals surface area contributed by atoms with E-state index < -0.39 is 0 Å². The van der Waals surface area contributed by atoms with Crippen molar-refractivity contribution in [2.75, 3.05) is 14.2 Å². The second-order valence-corrected chi connectivity index (χ2v) is 5.16. The summed E-state index contributed by atoms with van der Waals surface area (Å²) in [6, 6.07) is 12.1. The van der Waals surface area contributed by atoms with Crippen molar-refractivity contribution in [3.63, 3.8) is 0 Å². The molecule has 1 aromatic heterocycles. The SMILES string of the molecule is COc1cc(/C=C/c2ccc3ccc(=O)oc3c2)cc(OC)c1O. The highest BCUT2D eigenvalue weighted by molar-refractivity contribution is 5.81. The Morgan fingerprint density at radius 2 is 1.54 bits per heavy atom. The lowest BCUT2D eigenvalue weighted by molar-refractivity contribution is 0.340. The Labute approximate surface area is 138 Å². The molecule has 1 N–H and O–H groups in total. The normalized spacial score (nSPS) is 11.1. The minimum atomic E-state index is -0.378. The number of ether oxygens (including phenoxy) is 2. The second kappa shape index (κ2) is 6.50. The van der Waals surface area contributed by atoms with Gasteiger partial charge in [0.25, 0.3) is 0 Å². The summed E-state index contributed by atoms with van der Waals surface area (Å²) in [5.74, 6) is 0.627. The van der Waals surface area contributed by atoms with E-state index in [-0.39, 0.29) is 11.4 Å². The van der Waals surface area contributed by atoms with Crippen LogP contribution in [0, 0.1) is 0 Å². The van der Waals surface area contributed by atoms with Gasteiger partial charge in [-0.25, -0.2) is 4.79 Å². The first-order valence-corrected chi connectivity index (χ1v) is 7.27. The van der Waals surface area contributed by atoms with Crippen LogP contribution < -0.4 is 15.1 Å². The molecule has 0 fully saturated rings. The van der Waals surface area contributed by atoms with Crippen molar-refractivity contribution < 1.29 is 19.0 Å². The summed E-state index contributed by atoms with van der Waals surface area (Å²) < 4.78 is 15.5. The van der Waals surface area contributed by atoms with Crippen molar-refractivity contribution in [1.82, 2.24) is 0 Å². The lowest BCUT2D eigenvalue weighted by atomic mass is 10.1. The Morgan fingerprint density at radius 1 is 0.917 bits per heavy atom. The highest BCUT2D eigenvalue weighted by atomic mass is 16.5. The molecule has 122 valence electrons. The number of hydrogen-bond acceptors (Lipinski definition) is 5. The molecular weight excluding hydrogens is 308 g/mol. The van der Waals surface area contributed by atoms with E-state index in [0.717, 1.165) is 16.5 Å². The summed E-state index contributed by atoms with van der Waals surface area (Å²) in [5, 5.41) is 10.8. The quantitative estimate of drug-likeness (QED) is 0.585. The number of aromatic hydroxyl groups is 1. The molecule has 0 unspecified atom stereocenters. The van der Waals surface area contributed by atoms with E-state index in [0.29, 0.717) is 17.1 Å². The summed E-state index contributed by atoms with van der Waals surface area (Å²) in [4.78, 5) is 11.3. The van der Waals surface area contributed by atoms with Crippen molar-refractivity contribution >= 4 is 23.1 Å². The van der Waals surface area contributed by atoms with Crippen LogP contribution in [0.3, 0.4) is 0 Å². The van der Waals surface area contributed by atoms with Gasteiger partial charge in [0.2, 0.25) is 5.75 Å². The Morgan fingerprint density at radius 3 is 2.21 bits per heavy atom. The second-order valence-electron chi connectivity index (χ2n) is 5.16.